The summed E-state index contributed by atoms with van der Waals surface area (Å²) in [7, 11) is 0. The number of aryl methyl sites for hydroxylation is 1. The molecular formula is C11H13NO3. The molecular weight excluding hydrogens is 194 g/mol. The maximum atomic E-state index is 11.3. The highest BCUT2D eigenvalue weighted by molar-refractivity contribution is 5.83. The lowest BCUT2D eigenvalue weighted by atomic mass is 9.62. The molecule has 0 atom stereocenters. The lowest BCUT2D eigenvalue weighted by Gasteiger charge is -2.42. The quantitative estimate of drug-likeness (QED) is 0.754. The third-order valence-corrected chi connectivity index (χ3v) is 3.10. The highest BCUT2D eigenvalue weighted by Crippen LogP contribution is 2.44. The lowest BCUT2D eigenvalue weighted by Crippen LogP contribution is -2.51. The Morgan fingerprint density at radius 3 is 2.73 bits per heavy atom. The van der Waals surface area contributed by atoms with Gasteiger partial charge in [0.2, 0.25) is 0 Å². The number of hydrogen-bond donors (Lipinski definition) is 2. The molecule has 15 heavy (non-hydrogen) atoms. The molecule has 0 amide bonds. The van der Waals surface area contributed by atoms with Gasteiger partial charge in [0.25, 0.3) is 0 Å². The van der Waals surface area contributed by atoms with Crippen LogP contribution >= 0.6 is 0 Å². The van der Waals surface area contributed by atoms with Gasteiger partial charge in [-0.3, -0.25) is 9.78 Å². The number of aromatic nitrogens is 1. The molecule has 80 valence electrons. The Kier molecular flexibility index (Phi) is 2.23. The molecule has 1 aliphatic carbocycles. The van der Waals surface area contributed by atoms with Crippen LogP contribution in [0.3, 0.4) is 0 Å². The maximum absolute atomic E-state index is 11.3. The number of aliphatic hydroxyl groups is 1. The number of nitrogens with zero attached hydrogens (tertiary/aromatic N) is 1. The monoisotopic (exact) mass is 207 g/mol. The number of carboxylic acids is 1. The van der Waals surface area contributed by atoms with Crippen LogP contribution in [0.1, 0.15) is 24.1 Å². The zero-order valence-corrected chi connectivity index (χ0v) is 8.47. The van der Waals surface area contributed by atoms with Crippen LogP contribution in [0.5, 0.6) is 0 Å². The van der Waals surface area contributed by atoms with Crippen molar-refractivity contribution >= 4 is 5.97 Å². The Morgan fingerprint density at radius 2 is 2.27 bits per heavy atom. The fourth-order valence-electron chi connectivity index (χ4n) is 2.24. The summed E-state index contributed by atoms with van der Waals surface area (Å²) in [6.07, 6.45) is 1.72. The largest absolute Gasteiger partial charge is 0.481 e. The molecule has 0 bridgehead atoms. The van der Waals surface area contributed by atoms with E-state index < -0.39 is 17.5 Å². The van der Waals surface area contributed by atoms with Crippen molar-refractivity contribution in [3.05, 3.63) is 29.6 Å². The number of hydrogen-bond acceptors (Lipinski definition) is 3. The summed E-state index contributed by atoms with van der Waals surface area (Å²) in [4.78, 5) is 15.4. The summed E-state index contributed by atoms with van der Waals surface area (Å²) in [6.45, 7) is 1.80. The molecule has 0 radical (unpaired) electrons. The maximum Gasteiger partial charge on any atom is 0.314 e. The van der Waals surface area contributed by atoms with Gasteiger partial charge >= 0.3 is 5.97 Å². The van der Waals surface area contributed by atoms with Gasteiger partial charge in [0, 0.05) is 11.9 Å². The van der Waals surface area contributed by atoms with E-state index in [4.69, 9.17) is 0 Å². The van der Waals surface area contributed by atoms with Gasteiger partial charge in [-0.25, -0.2) is 0 Å². The van der Waals surface area contributed by atoms with Crippen LogP contribution < -0.4 is 0 Å². The van der Waals surface area contributed by atoms with Crippen molar-refractivity contribution in [2.75, 3.05) is 0 Å². The lowest BCUT2D eigenvalue weighted by molar-refractivity contribution is -0.153. The van der Waals surface area contributed by atoms with Crippen molar-refractivity contribution in [2.24, 2.45) is 0 Å². The molecule has 2 N–H and O–H groups in total. The molecule has 1 saturated carbocycles. The molecule has 1 heterocycles. The Hall–Kier alpha value is -1.42. The molecule has 2 rings (SSSR count). The summed E-state index contributed by atoms with van der Waals surface area (Å²) in [5.41, 5.74) is 0.534. The molecule has 4 heteroatoms. The van der Waals surface area contributed by atoms with Crippen molar-refractivity contribution in [2.45, 2.75) is 31.3 Å². The van der Waals surface area contributed by atoms with E-state index in [1.54, 1.807) is 25.3 Å². The van der Waals surface area contributed by atoms with E-state index in [1.165, 1.54) is 0 Å². The van der Waals surface area contributed by atoms with Crippen molar-refractivity contribution in [1.29, 1.82) is 0 Å². The second-order valence-corrected chi connectivity index (χ2v) is 4.09. The van der Waals surface area contributed by atoms with E-state index in [0.717, 1.165) is 11.3 Å². The average Bonchev–Trinajstić information content (AvgIpc) is 2.13. The first-order chi connectivity index (χ1) is 7.06. The number of pyridine rings is 1. The normalized spacial score (nSPS) is 29.6. The standard InChI is InChI=1S/C11H13NO3/c1-7-9(3-2-4-12-7)11(10(14)15)5-8(13)6-11/h2-4,8,13H,5-6H2,1H3,(H,14,15). The fraction of sp³-hybridized carbons (Fsp3) is 0.455. The van der Waals surface area contributed by atoms with Crippen molar-refractivity contribution in [3.63, 3.8) is 0 Å². The topological polar surface area (TPSA) is 70.4 Å². The zero-order chi connectivity index (χ0) is 11.1. The smallest absolute Gasteiger partial charge is 0.314 e. The van der Waals surface area contributed by atoms with Gasteiger partial charge in [0.1, 0.15) is 0 Å². The third-order valence-electron chi connectivity index (χ3n) is 3.10. The predicted molar refractivity (Wildman–Crippen MR) is 53.5 cm³/mol. The highest BCUT2D eigenvalue weighted by atomic mass is 16.4. The van der Waals surface area contributed by atoms with Gasteiger partial charge in [-0.05, 0) is 31.4 Å². The second-order valence-electron chi connectivity index (χ2n) is 4.09. The summed E-state index contributed by atoms with van der Waals surface area (Å²) in [5, 5.41) is 18.5. The molecule has 1 aromatic rings. The van der Waals surface area contributed by atoms with E-state index in [1.807, 2.05) is 0 Å². The van der Waals surface area contributed by atoms with E-state index in [0.29, 0.717) is 0 Å². The average molecular weight is 207 g/mol. The minimum Gasteiger partial charge on any atom is -0.481 e. The van der Waals surface area contributed by atoms with Gasteiger partial charge in [-0.15, -0.1) is 0 Å². The van der Waals surface area contributed by atoms with E-state index in [2.05, 4.69) is 4.98 Å². The zero-order valence-electron chi connectivity index (χ0n) is 8.47. The SMILES string of the molecule is Cc1ncccc1C1(C(=O)O)CC(O)C1. The number of carbonyl (C=O) groups is 1. The fourth-order valence-corrected chi connectivity index (χ4v) is 2.24. The molecule has 1 aromatic heterocycles. The number of carboxylic acid groups (broad SMARTS) is 1. The van der Waals surface area contributed by atoms with E-state index >= 15 is 0 Å². The molecule has 1 aliphatic rings. The minimum absolute atomic E-state index is 0.287. The van der Waals surface area contributed by atoms with Gasteiger partial charge in [-0.2, -0.15) is 0 Å². The summed E-state index contributed by atoms with van der Waals surface area (Å²) in [5.74, 6) is -0.871. The molecule has 4 nitrogen and oxygen atoms in total. The van der Waals surface area contributed by atoms with Crippen LogP contribution in [0, 0.1) is 6.92 Å². The van der Waals surface area contributed by atoms with Crippen LogP contribution in [-0.4, -0.2) is 27.3 Å². The number of aliphatic hydroxyl groups excluding tert-OH is 1. The first-order valence-electron chi connectivity index (χ1n) is 4.90. The first kappa shape index (κ1) is 10.1. The molecule has 1 fully saturated rings. The second kappa shape index (κ2) is 3.31. The van der Waals surface area contributed by atoms with Crippen LogP contribution in [0.25, 0.3) is 0 Å². The molecule has 0 aliphatic heterocycles. The van der Waals surface area contributed by atoms with Gasteiger partial charge in [-0.1, -0.05) is 6.07 Å². The Labute approximate surface area is 87.6 Å². The van der Waals surface area contributed by atoms with Crippen LogP contribution in [0.2, 0.25) is 0 Å². The third kappa shape index (κ3) is 1.41. The van der Waals surface area contributed by atoms with Gasteiger partial charge < -0.3 is 10.2 Å². The minimum atomic E-state index is -0.919. The van der Waals surface area contributed by atoms with Crippen molar-refractivity contribution in [1.82, 2.24) is 4.98 Å². The van der Waals surface area contributed by atoms with E-state index in [-0.39, 0.29) is 12.8 Å². The Balaban J connectivity index is 2.43. The molecule has 0 saturated heterocycles. The van der Waals surface area contributed by atoms with Crippen molar-refractivity contribution in [3.8, 4) is 0 Å². The first-order valence-corrected chi connectivity index (χ1v) is 4.90. The summed E-state index contributed by atoms with van der Waals surface area (Å²) < 4.78 is 0. The molecule has 0 unspecified atom stereocenters. The van der Waals surface area contributed by atoms with Crippen LogP contribution in [0.15, 0.2) is 18.3 Å². The summed E-state index contributed by atoms with van der Waals surface area (Å²) in [6, 6.07) is 3.51. The van der Waals surface area contributed by atoms with Gasteiger partial charge in [0.15, 0.2) is 0 Å². The van der Waals surface area contributed by atoms with E-state index in [9.17, 15) is 15.0 Å². The van der Waals surface area contributed by atoms with Crippen LogP contribution in [0.4, 0.5) is 0 Å². The Bertz CT molecular complexity index is 397. The van der Waals surface area contributed by atoms with Crippen molar-refractivity contribution < 1.29 is 15.0 Å². The summed E-state index contributed by atoms with van der Waals surface area (Å²) >= 11 is 0. The number of aliphatic carboxylic acids is 1. The Morgan fingerprint density at radius 1 is 1.60 bits per heavy atom. The molecule has 0 spiro atoms. The molecule has 0 aromatic carbocycles. The van der Waals surface area contributed by atoms with Gasteiger partial charge in [0.05, 0.1) is 11.5 Å². The van der Waals surface area contributed by atoms with Crippen LogP contribution in [-0.2, 0) is 10.2 Å². The number of rotatable bonds is 2. The highest BCUT2D eigenvalue weighted by Gasteiger charge is 2.52. The predicted octanol–water partition coefficient (Wildman–Crippen LogP) is 0.867.